The summed E-state index contributed by atoms with van der Waals surface area (Å²) in [4.78, 5) is 85.3. The molecule has 1 fully saturated rings. The van der Waals surface area contributed by atoms with Gasteiger partial charge in [-0.3, -0.25) is 33.6 Å². The van der Waals surface area contributed by atoms with Crippen molar-refractivity contribution in [2.75, 3.05) is 6.61 Å². The largest absolute Gasteiger partial charge is 0.463 e. The Kier molecular flexibility index (Phi) is 8.63. The van der Waals surface area contributed by atoms with E-state index < -0.39 is 84.3 Å². The minimum atomic E-state index is -2.03. The topological polar surface area (TPSA) is 184 Å². The minimum absolute atomic E-state index is 0.0200. The van der Waals surface area contributed by atoms with Crippen molar-refractivity contribution in [2.45, 2.75) is 79.0 Å². The Balaban J connectivity index is 2.32. The van der Waals surface area contributed by atoms with Crippen LogP contribution in [-0.4, -0.2) is 72.1 Å². The van der Waals surface area contributed by atoms with Crippen LogP contribution in [0.5, 0.6) is 17.2 Å². The maximum Gasteiger partial charge on any atom is 0.308 e. The Bertz CT molecular complexity index is 1310. The molecule has 0 radical (unpaired) electrons. The predicted octanol–water partition coefficient (Wildman–Crippen LogP) is 1.40. The zero-order valence-electron chi connectivity index (χ0n) is 22.9. The van der Waals surface area contributed by atoms with Crippen molar-refractivity contribution in [1.82, 2.24) is 0 Å². The van der Waals surface area contributed by atoms with Crippen molar-refractivity contribution in [2.24, 2.45) is 0 Å². The molecule has 0 aliphatic carbocycles. The average molecular weight is 564 g/mol. The molecule has 1 saturated heterocycles. The molecule has 1 spiro atoms. The number of ether oxygens (including phenoxy) is 7. The molecule has 0 N–H and O–H groups in total. The molecule has 3 rings (SSSR count). The highest BCUT2D eigenvalue weighted by Gasteiger charge is 2.65. The third-order valence-electron chi connectivity index (χ3n) is 5.85. The van der Waals surface area contributed by atoms with Crippen LogP contribution in [0.2, 0.25) is 0 Å². The number of esters is 5. The first-order chi connectivity index (χ1) is 18.6. The number of Topliss-reactive ketones (excluding diaryl/α,β-unsaturated/α-hetero) is 2. The lowest BCUT2D eigenvalue weighted by atomic mass is 9.93. The zero-order valence-corrected chi connectivity index (χ0v) is 22.9. The highest BCUT2D eigenvalue weighted by molar-refractivity contribution is 6.09. The van der Waals surface area contributed by atoms with E-state index in [9.17, 15) is 33.6 Å². The number of rotatable bonds is 8. The number of fused-ring (bicyclic) bond motifs is 1. The summed E-state index contributed by atoms with van der Waals surface area (Å²) in [5.74, 6) is -8.63. The first-order valence-corrected chi connectivity index (χ1v) is 12.0. The summed E-state index contributed by atoms with van der Waals surface area (Å²) in [5, 5.41) is 0. The fraction of sp³-hybridized carbons (Fsp3) is 0.500. The quantitative estimate of drug-likeness (QED) is 0.191. The molecular formula is C26H28O14. The summed E-state index contributed by atoms with van der Waals surface area (Å²) in [6.07, 6.45) is -4.47. The van der Waals surface area contributed by atoms with E-state index >= 15 is 0 Å². The molecule has 14 nitrogen and oxygen atoms in total. The molecule has 4 atom stereocenters. The van der Waals surface area contributed by atoms with E-state index in [1.165, 1.54) is 0 Å². The smallest absolute Gasteiger partial charge is 0.308 e. The third-order valence-corrected chi connectivity index (χ3v) is 5.85. The maximum absolute atomic E-state index is 12.9. The van der Waals surface area contributed by atoms with Gasteiger partial charge >= 0.3 is 29.8 Å². The second-order valence-corrected chi connectivity index (χ2v) is 9.17. The molecule has 1 aromatic rings. The lowest BCUT2D eigenvalue weighted by molar-refractivity contribution is -0.213. The normalized spacial score (nSPS) is 22.5. The van der Waals surface area contributed by atoms with Crippen molar-refractivity contribution < 1.29 is 66.7 Å². The molecule has 0 bridgehead atoms. The minimum Gasteiger partial charge on any atom is -0.463 e. The summed E-state index contributed by atoms with van der Waals surface area (Å²) < 4.78 is 38.7. The lowest BCUT2D eigenvalue weighted by Gasteiger charge is -2.30. The molecule has 2 aliphatic rings. The molecule has 40 heavy (non-hydrogen) atoms. The first-order valence-electron chi connectivity index (χ1n) is 12.0. The molecule has 14 heteroatoms. The molecular weight excluding hydrogens is 536 g/mol. The van der Waals surface area contributed by atoms with Crippen LogP contribution in [0.4, 0.5) is 0 Å². The van der Waals surface area contributed by atoms with Crippen LogP contribution in [0, 0.1) is 0 Å². The van der Waals surface area contributed by atoms with Gasteiger partial charge in [-0.25, -0.2) is 0 Å². The maximum atomic E-state index is 12.9. The van der Waals surface area contributed by atoms with E-state index in [0.29, 0.717) is 0 Å². The van der Waals surface area contributed by atoms with Crippen molar-refractivity contribution in [3.8, 4) is 17.2 Å². The second kappa shape index (κ2) is 11.4. The molecule has 2 heterocycles. The number of carbonyl (C=O) groups excluding carboxylic acids is 7. The van der Waals surface area contributed by atoms with E-state index in [4.69, 9.17) is 33.2 Å². The first kappa shape index (κ1) is 30.2. The Hall–Kier alpha value is -4.33. The van der Waals surface area contributed by atoms with Gasteiger partial charge in [-0.15, -0.1) is 0 Å². The van der Waals surface area contributed by atoms with Gasteiger partial charge in [0.25, 0.3) is 5.79 Å². The van der Waals surface area contributed by atoms with Crippen molar-refractivity contribution in [3.05, 3.63) is 16.7 Å². The molecule has 1 aromatic carbocycles. The van der Waals surface area contributed by atoms with Gasteiger partial charge in [0.1, 0.15) is 29.6 Å². The second-order valence-electron chi connectivity index (χ2n) is 9.17. The molecule has 0 aromatic heterocycles. The third kappa shape index (κ3) is 5.96. The Morgan fingerprint density at radius 1 is 0.725 bits per heavy atom. The number of hydrogen-bond donors (Lipinski definition) is 0. The van der Waals surface area contributed by atoms with Crippen LogP contribution in [0.25, 0.3) is 0 Å². The van der Waals surface area contributed by atoms with Crippen molar-refractivity contribution >= 4 is 41.4 Å². The zero-order chi connectivity index (χ0) is 30.1. The summed E-state index contributed by atoms with van der Waals surface area (Å²) in [7, 11) is 0. The van der Waals surface area contributed by atoms with Crippen LogP contribution in [0.1, 0.15) is 74.7 Å². The van der Waals surface area contributed by atoms with E-state index in [0.717, 1.165) is 48.5 Å². The van der Waals surface area contributed by atoms with Gasteiger partial charge in [-0.1, -0.05) is 0 Å². The van der Waals surface area contributed by atoms with Gasteiger partial charge < -0.3 is 33.2 Å². The number of carbonyl (C=O) groups is 7. The van der Waals surface area contributed by atoms with Gasteiger partial charge in [-0.2, -0.15) is 0 Å². The highest BCUT2D eigenvalue weighted by Crippen LogP contribution is 2.54. The highest BCUT2D eigenvalue weighted by atomic mass is 16.8. The average Bonchev–Trinajstić information content (AvgIpc) is 3.29. The Morgan fingerprint density at radius 3 is 1.75 bits per heavy atom. The van der Waals surface area contributed by atoms with Crippen LogP contribution < -0.4 is 14.2 Å². The summed E-state index contributed by atoms with van der Waals surface area (Å²) in [5.41, 5.74) is -0.751. The van der Waals surface area contributed by atoms with Gasteiger partial charge in [0.05, 0.1) is 0 Å². The molecule has 0 amide bonds. The number of benzene rings is 1. The predicted molar refractivity (Wildman–Crippen MR) is 129 cm³/mol. The number of hydrogen-bond acceptors (Lipinski definition) is 14. The number of ketones is 2. The molecule has 216 valence electrons. The van der Waals surface area contributed by atoms with Crippen molar-refractivity contribution in [1.29, 1.82) is 0 Å². The SMILES string of the molecule is CC(=O)OC[C@H]1O[C@]2(Cc3c(OC(C)=O)c(C(C)=O)c(OC(C)=O)c(C(C)=O)c3O2)[C@@H](OC(C)=O)[C@@H]1OC(C)=O. The van der Waals surface area contributed by atoms with Gasteiger partial charge in [-0.05, 0) is 13.8 Å². The van der Waals surface area contributed by atoms with Crippen molar-refractivity contribution in [3.63, 3.8) is 0 Å². The molecule has 2 aliphatic heterocycles. The van der Waals surface area contributed by atoms with E-state index in [2.05, 4.69) is 0 Å². The fourth-order valence-corrected chi connectivity index (χ4v) is 4.66. The van der Waals surface area contributed by atoms with Gasteiger partial charge in [0.2, 0.25) is 6.10 Å². The monoisotopic (exact) mass is 564 g/mol. The van der Waals surface area contributed by atoms with Crippen LogP contribution >= 0.6 is 0 Å². The van der Waals surface area contributed by atoms with E-state index in [1.807, 2.05) is 0 Å². The van der Waals surface area contributed by atoms with E-state index in [-0.39, 0.29) is 28.2 Å². The molecule has 0 unspecified atom stereocenters. The lowest BCUT2D eigenvalue weighted by Crippen LogP contribution is -2.50. The van der Waals surface area contributed by atoms with Crippen LogP contribution in [0.3, 0.4) is 0 Å². The van der Waals surface area contributed by atoms with Gasteiger partial charge in [0.15, 0.2) is 29.2 Å². The van der Waals surface area contributed by atoms with E-state index in [1.54, 1.807) is 0 Å². The summed E-state index contributed by atoms with van der Waals surface area (Å²) in [6.45, 7) is 7.20. The van der Waals surface area contributed by atoms with Crippen LogP contribution in [0.15, 0.2) is 0 Å². The van der Waals surface area contributed by atoms with Crippen LogP contribution in [-0.2, 0) is 49.3 Å². The Morgan fingerprint density at radius 2 is 1.27 bits per heavy atom. The standard InChI is InChI=1S/C26H28O14/c1-10(27)19-21(35-13(4)30)17-8-26(40-22(17)20(11(2)28)24(19)37-15(6)32)25(38-16(7)33)23(36-14(5)31)18(39-26)9-34-12(3)29/h18,23,25H,8-9H2,1-7H3/t18-,23-,25+,26+/m1/s1. The fourth-order valence-electron chi connectivity index (χ4n) is 4.66. The molecule has 0 saturated carbocycles. The van der Waals surface area contributed by atoms with Gasteiger partial charge in [0, 0.05) is 46.6 Å². The summed E-state index contributed by atoms with van der Waals surface area (Å²) >= 11 is 0. The Labute approximate surface area is 228 Å². The summed E-state index contributed by atoms with van der Waals surface area (Å²) in [6, 6.07) is 0.